The van der Waals surface area contributed by atoms with E-state index in [1.165, 1.54) is 0 Å². The Morgan fingerprint density at radius 2 is 1.97 bits per heavy atom. The highest BCUT2D eigenvalue weighted by molar-refractivity contribution is 6.05. The molecule has 1 N–H and O–H groups in total. The lowest BCUT2D eigenvalue weighted by molar-refractivity contribution is -0.129. The smallest absolute Gasteiger partial charge is 0.339 e. The maximum atomic E-state index is 13.3. The molecule has 2 aliphatic carbocycles. The van der Waals surface area contributed by atoms with Crippen LogP contribution in [0, 0.1) is 11.3 Å². The normalized spacial score (nSPS) is 19.8. The minimum absolute atomic E-state index is 0.196. The molecule has 0 saturated heterocycles. The molecule has 1 heterocycles. The fourth-order valence-corrected chi connectivity index (χ4v) is 4.40. The Labute approximate surface area is 178 Å². The predicted molar refractivity (Wildman–Crippen MR) is 117 cm³/mol. The fraction of sp³-hybridized carbons (Fsp3) is 0.560. The van der Waals surface area contributed by atoms with Crippen molar-refractivity contribution in [3.8, 4) is 0 Å². The Hall–Kier alpha value is -2.43. The maximum Gasteiger partial charge on any atom is 0.339 e. The van der Waals surface area contributed by atoms with Crippen LogP contribution in [0.2, 0.25) is 0 Å². The molecule has 1 saturated carbocycles. The summed E-state index contributed by atoms with van der Waals surface area (Å²) < 4.78 is 5.67. The van der Waals surface area contributed by atoms with Crippen molar-refractivity contribution in [1.82, 2.24) is 10.3 Å². The van der Waals surface area contributed by atoms with E-state index in [9.17, 15) is 9.59 Å². The number of nitrogens with zero attached hydrogens (tertiary/aromatic N) is 1. The Morgan fingerprint density at radius 1 is 1.23 bits per heavy atom. The van der Waals surface area contributed by atoms with Crippen molar-refractivity contribution >= 4 is 22.8 Å². The summed E-state index contributed by atoms with van der Waals surface area (Å²) in [5.41, 5.74) is 3.61. The van der Waals surface area contributed by atoms with Crippen LogP contribution in [0.4, 0.5) is 0 Å². The molecule has 1 amide bonds. The second-order valence-corrected chi connectivity index (χ2v) is 9.54. The molecule has 2 atom stereocenters. The van der Waals surface area contributed by atoms with Crippen LogP contribution < -0.4 is 5.32 Å². The van der Waals surface area contributed by atoms with Gasteiger partial charge >= 0.3 is 5.97 Å². The SMILES string of the molecule is CCC(C)(C)[C@@H]1CCc2nc3ccccc3c(C(=O)O[C@H](C)C(=O)NC3CC3)c2C1. The first-order valence-corrected chi connectivity index (χ1v) is 11.2. The average molecular weight is 409 g/mol. The highest BCUT2D eigenvalue weighted by Gasteiger charge is 2.35. The summed E-state index contributed by atoms with van der Waals surface area (Å²) in [6.45, 7) is 8.48. The first kappa shape index (κ1) is 20.8. The summed E-state index contributed by atoms with van der Waals surface area (Å²) in [5.74, 6) is -0.151. The van der Waals surface area contributed by atoms with E-state index >= 15 is 0 Å². The summed E-state index contributed by atoms with van der Waals surface area (Å²) in [4.78, 5) is 30.6. The zero-order valence-electron chi connectivity index (χ0n) is 18.5. The third-order valence-electron chi connectivity index (χ3n) is 7.06. The Bertz CT molecular complexity index is 978. The van der Waals surface area contributed by atoms with E-state index < -0.39 is 12.1 Å². The maximum absolute atomic E-state index is 13.3. The lowest BCUT2D eigenvalue weighted by Crippen LogP contribution is -2.37. The number of para-hydroxylation sites is 1. The summed E-state index contributed by atoms with van der Waals surface area (Å²) in [7, 11) is 0. The summed E-state index contributed by atoms with van der Waals surface area (Å²) >= 11 is 0. The lowest BCUT2D eigenvalue weighted by Gasteiger charge is -2.37. The summed E-state index contributed by atoms with van der Waals surface area (Å²) in [6.07, 6.45) is 5.05. The van der Waals surface area contributed by atoms with Gasteiger partial charge in [0.2, 0.25) is 0 Å². The van der Waals surface area contributed by atoms with Crippen LogP contribution in [-0.4, -0.2) is 29.0 Å². The molecular formula is C25H32N2O3. The highest BCUT2D eigenvalue weighted by atomic mass is 16.5. The Balaban J connectivity index is 1.69. The van der Waals surface area contributed by atoms with Crippen LogP contribution in [0.15, 0.2) is 24.3 Å². The van der Waals surface area contributed by atoms with Gasteiger partial charge in [0, 0.05) is 17.1 Å². The molecule has 0 spiro atoms. The van der Waals surface area contributed by atoms with Crippen molar-refractivity contribution in [1.29, 1.82) is 0 Å². The van der Waals surface area contributed by atoms with E-state index in [1.807, 2.05) is 24.3 Å². The molecule has 1 aromatic heterocycles. The van der Waals surface area contributed by atoms with Crippen molar-refractivity contribution in [2.45, 2.75) is 78.4 Å². The van der Waals surface area contributed by atoms with Gasteiger partial charge in [-0.15, -0.1) is 0 Å². The Morgan fingerprint density at radius 3 is 2.67 bits per heavy atom. The molecule has 5 heteroatoms. The number of aromatic nitrogens is 1. The third-order valence-corrected chi connectivity index (χ3v) is 7.06. The van der Waals surface area contributed by atoms with Crippen molar-refractivity contribution in [3.63, 3.8) is 0 Å². The molecular weight excluding hydrogens is 376 g/mol. The summed E-state index contributed by atoms with van der Waals surface area (Å²) in [5, 5.41) is 3.73. The van der Waals surface area contributed by atoms with E-state index in [1.54, 1.807) is 6.92 Å². The number of hydrogen-bond donors (Lipinski definition) is 1. The number of amides is 1. The second kappa shape index (κ2) is 8.01. The average Bonchev–Trinajstić information content (AvgIpc) is 3.55. The molecule has 160 valence electrons. The molecule has 2 aromatic rings. The van der Waals surface area contributed by atoms with Gasteiger partial charge in [-0.2, -0.15) is 0 Å². The minimum Gasteiger partial charge on any atom is -0.449 e. The molecule has 2 aliphatic rings. The van der Waals surface area contributed by atoms with Gasteiger partial charge in [0.05, 0.1) is 11.1 Å². The number of carbonyl (C=O) groups is 2. The largest absolute Gasteiger partial charge is 0.449 e. The van der Waals surface area contributed by atoms with Crippen molar-refractivity contribution < 1.29 is 14.3 Å². The van der Waals surface area contributed by atoms with Gasteiger partial charge in [-0.05, 0) is 62.0 Å². The van der Waals surface area contributed by atoms with Crippen LogP contribution >= 0.6 is 0 Å². The predicted octanol–water partition coefficient (Wildman–Crippen LogP) is 4.60. The number of aryl methyl sites for hydroxylation is 1. The highest BCUT2D eigenvalue weighted by Crippen LogP contribution is 2.41. The monoisotopic (exact) mass is 408 g/mol. The fourth-order valence-electron chi connectivity index (χ4n) is 4.40. The minimum atomic E-state index is -0.813. The molecule has 0 unspecified atom stereocenters. The Kier molecular flexibility index (Phi) is 5.56. The molecule has 30 heavy (non-hydrogen) atoms. The molecule has 5 nitrogen and oxygen atoms in total. The van der Waals surface area contributed by atoms with Crippen molar-refractivity contribution in [3.05, 3.63) is 41.1 Å². The number of esters is 1. The van der Waals surface area contributed by atoms with E-state index in [2.05, 4.69) is 26.1 Å². The van der Waals surface area contributed by atoms with E-state index in [4.69, 9.17) is 9.72 Å². The quantitative estimate of drug-likeness (QED) is 0.709. The van der Waals surface area contributed by atoms with Crippen LogP contribution in [0.3, 0.4) is 0 Å². The number of rotatable bonds is 6. The van der Waals surface area contributed by atoms with Crippen LogP contribution in [0.25, 0.3) is 10.9 Å². The van der Waals surface area contributed by atoms with Gasteiger partial charge in [0.1, 0.15) is 0 Å². The number of fused-ring (bicyclic) bond motifs is 2. The zero-order valence-corrected chi connectivity index (χ0v) is 18.5. The first-order chi connectivity index (χ1) is 14.3. The topological polar surface area (TPSA) is 68.3 Å². The number of ether oxygens (including phenoxy) is 1. The lowest BCUT2D eigenvalue weighted by atomic mass is 9.68. The van der Waals surface area contributed by atoms with E-state index in [0.717, 1.165) is 60.7 Å². The molecule has 1 fully saturated rings. The van der Waals surface area contributed by atoms with E-state index in [0.29, 0.717) is 11.5 Å². The van der Waals surface area contributed by atoms with Gasteiger partial charge in [0.25, 0.3) is 5.91 Å². The van der Waals surface area contributed by atoms with Crippen LogP contribution in [0.5, 0.6) is 0 Å². The molecule has 4 rings (SSSR count). The van der Waals surface area contributed by atoms with Gasteiger partial charge in [-0.1, -0.05) is 45.4 Å². The van der Waals surface area contributed by atoms with E-state index in [-0.39, 0.29) is 17.4 Å². The van der Waals surface area contributed by atoms with Gasteiger partial charge in [-0.25, -0.2) is 4.79 Å². The van der Waals surface area contributed by atoms with Gasteiger partial charge < -0.3 is 10.1 Å². The molecule has 0 radical (unpaired) electrons. The zero-order chi connectivity index (χ0) is 21.5. The number of carbonyl (C=O) groups excluding carboxylic acids is 2. The number of pyridine rings is 1. The number of nitrogens with one attached hydrogen (secondary N) is 1. The molecule has 0 bridgehead atoms. The molecule has 0 aliphatic heterocycles. The van der Waals surface area contributed by atoms with Crippen molar-refractivity contribution in [2.24, 2.45) is 11.3 Å². The van der Waals surface area contributed by atoms with Gasteiger partial charge in [-0.3, -0.25) is 9.78 Å². The van der Waals surface area contributed by atoms with Crippen molar-refractivity contribution in [2.75, 3.05) is 0 Å². The number of benzene rings is 1. The first-order valence-electron chi connectivity index (χ1n) is 11.2. The van der Waals surface area contributed by atoms with Gasteiger partial charge in [0.15, 0.2) is 6.10 Å². The standard InChI is InChI=1S/C25H32N2O3/c1-5-25(3,4)16-10-13-21-19(14-16)22(18-8-6-7-9-20(18)27-21)24(29)30-15(2)23(28)26-17-11-12-17/h6-9,15-17H,5,10-14H2,1-4H3,(H,26,28)/t15-,16-/m1/s1. The second-order valence-electron chi connectivity index (χ2n) is 9.54. The van der Waals surface area contributed by atoms with Crippen LogP contribution in [0.1, 0.15) is 75.0 Å². The third kappa shape index (κ3) is 4.07. The van der Waals surface area contributed by atoms with Crippen LogP contribution in [-0.2, 0) is 22.4 Å². The molecule has 1 aromatic carbocycles. The number of hydrogen-bond acceptors (Lipinski definition) is 4. The summed E-state index contributed by atoms with van der Waals surface area (Å²) in [6, 6.07) is 7.98.